The minimum absolute atomic E-state index is 0.0429. The van der Waals surface area contributed by atoms with Gasteiger partial charge in [-0.3, -0.25) is 15.0 Å². The Bertz CT molecular complexity index is 779. The molecule has 0 bridgehead atoms. The Balaban J connectivity index is 2.27. The molecule has 0 spiro atoms. The van der Waals surface area contributed by atoms with Crippen molar-refractivity contribution in [2.75, 3.05) is 0 Å². The second-order valence-corrected chi connectivity index (χ2v) is 6.69. The van der Waals surface area contributed by atoms with Crippen LogP contribution in [0, 0.1) is 0 Å². The molecule has 0 atom stereocenters. The summed E-state index contributed by atoms with van der Waals surface area (Å²) in [7, 11) is 0. The fourth-order valence-corrected chi connectivity index (χ4v) is 2.21. The smallest absolute Gasteiger partial charge is 0.267 e. The standard InChI is InChI=1S/C19H19F3N2O2/c1-18(2,3)24(23-16(25)13-7-5-4-6-8-13)17(26)14-9-11-15(12-10-14)19(20,21)22/h4-12H,1-3H3,(H,23,25). The molecule has 0 aliphatic carbocycles. The number of nitrogens with zero attached hydrogens (tertiary/aromatic N) is 1. The molecule has 4 nitrogen and oxygen atoms in total. The van der Waals surface area contributed by atoms with Crippen molar-refractivity contribution < 1.29 is 22.8 Å². The number of amides is 2. The summed E-state index contributed by atoms with van der Waals surface area (Å²) in [6.07, 6.45) is -4.48. The summed E-state index contributed by atoms with van der Waals surface area (Å²) in [4.78, 5) is 25.1. The third kappa shape index (κ3) is 4.62. The first-order chi connectivity index (χ1) is 12.0. The molecule has 0 aliphatic rings. The number of hydrogen-bond donors (Lipinski definition) is 1. The lowest BCUT2D eigenvalue weighted by molar-refractivity contribution is -0.137. The number of rotatable bonds is 2. The van der Waals surface area contributed by atoms with Crippen molar-refractivity contribution >= 4 is 11.8 Å². The molecule has 0 radical (unpaired) electrons. The first-order valence-electron chi connectivity index (χ1n) is 7.88. The fraction of sp³-hybridized carbons (Fsp3) is 0.263. The van der Waals surface area contributed by atoms with Gasteiger partial charge in [0.1, 0.15) is 0 Å². The third-order valence-electron chi connectivity index (χ3n) is 3.58. The maximum atomic E-state index is 12.7. The van der Waals surface area contributed by atoms with E-state index in [1.54, 1.807) is 51.1 Å². The predicted molar refractivity (Wildman–Crippen MR) is 91.3 cm³/mol. The van der Waals surface area contributed by atoms with E-state index in [0.29, 0.717) is 5.56 Å². The third-order valence-corrected chi connectivity index (χ3v) is 3.58. The molecule has 138 valence electrons. The molecule has 0 unspecified atom stereocenters. The number of hydrogen-bond acceptors (Lipinski definition) is 2. The van der Waals surface area contributed by atoms with Gasteiger partial charge in [0.15, 0.2) is 0 Å². The van der Waals surface area contributed by atoms with E-state index in [2.05, 4.69) is 5.43 Å². The van der Waals surface area contributed by atoms with Gasteiger partial charge in [0, 0.05) is 11.1 Å². The van der Waals surface area contributed by atoms with Crippen LogP contribution in [0.1, 0.15) is 47.1 Å². The van der Waals surface area contributed by atoms with E-state index in [0.717, 1.165) is 29.3 Å². The average Bonchev–Trinajstić information content (AvgIpc) is 2.58. The molecule has 0 fully saturated rings. The summed E-state index contributed by atoms with van der Waals surface area (Å²) in [5.74, 6) is -1.09. The molecule has 0 saturated heterocycles. The summed E-state index contributed by atoms with van der Waals surface area (Å²) in [5, 5.41) is 1.12. The Morgan fingerprint density at radius 3 is 1.85 bits per heavy atom. The number of halogens is 3. The van der Waals surface area contributed by atoms with Gasteiger partial charge in [0.25, 0.3) is 11.8 Å². The molecular weight excluding hydrogens is 345 g/mol. The molecule has 2 amide bonds. The molecule has 0 heterocycles. The van der Waals surface area contributed by atoms with Crippen LogP contribution in [-0.4, -0.2) is 22.4 Å². The summed E-state index contributed by atoms with van der Waals surface area (Å²) in [6.45, 7) is 5.13. The van der Waals surface area contributed by atoms with Gasteiger partial charge < -0.3 is 0 Å². The van der Waals surface area contributed by atoms with E-state index < -0.39 is 29.1 Å². The second-order valence-electron chi connectivity index (χ2n) is 6.69. The van der Waals surface area contributed by atoms with Gasteiger partial charge in [-0.25, -0.2) is 5.01 Å². The van der Waals surface area contributed by atoms with Crippen LogP contribution in [0.15, 0.2) is 54.6 Å². The highest BCUT2D eigenvalue weighted by molar-refractivity contribution is 5.99. The molecule has 0 aliphatic heterocycles. The number of hydrazine groups is 1. The summed E-state index contributed by atoms with van der Waals surface area (Å²) < 4.78 is 38.0. The van der Waals surface area contributed by atoms with Crippen LogP contribution in [0.4, 0.5) is 13.2 Å². The van der Waals surface area contributed by atoms with E-state index in [4.69, 9.17) is 0 Å². The summed E-state index contributed by atoms with van der Waals surface area (Å²) in [5.41, 5.74) is 1.31. The number of nitrogens with one attached hydrogen (secondary N) is 1. The lowest BCUT2D eigenvalue weighted by atomic mass is 10.1. The van der Waals surface area contributed by atoms with Gasteiger partial charge in [0.2, 0.25) is 0 Å². The van der Waals surface area contributed by atoms with Gasteiger partial charge in [-0.05, 0) is 57.2 Å². The molecular formula is C19H19F3N2O2. The summed E-state index contributed by atoms with van der Waals surface area (Å²) in [6, 6.07) is 12.2. The van der Waals surface area contributed by atoms with E-state index in [9.17, 15) is 22.8 Å². The van der Waals surface area contributed by atoms with Gasteiger partial charge in [-0.15, -0.1) is 0 Å². The zero-order valence-electron chi connectivity index (χ0n) is 14.6. The first-order valence-corrected chi connectivity index (χ1v) is 7.88. The van der Waals surface area contributed by atoms with E-state index in [1.807, 2.05) is 0 Å². The van der Waals surface area contributed by atoms with Crippen molar-refractivity contribution in [1.82, 2.24) is 10.4 Å². The van der Waals surface area contributed by atoms with Crippen molar-refractivity contribution in [2.24, 2.45) is 0 Å². The lowest BCUT2D eigenvalue weighted by Gasteiger charge is -2.35. The van der Waals surface area contributed by atoms with Crippen molar-refractivity contribution in [1.29, 1.82) is 0 Å². The average molecular weight is 364 g/mol. The normalized spacial score (nSPS) is 11.8. The van der Waals surface area contributed by atoms with Crippen LogP contribution in [0.25, 0.3) is 0 Å². The Hall–Kier alpha value is -2.83. The van der Waals surface area contributed by atoms with Crippen LogP contribution in [0.3, 0.4) is 0 Å². The summed E-state index contributed by atoms with van der Waals surface area (Å²) >= 11 is 0. The van der Waals surface area contributed by atoms with E-state index in [-0.39, 0.29) is 5.56 Å². The van der Waals surface area contributed by atoms with Crippen molar-refractivity contribution in [3.05, 3.63) is 71.3 Å². The maximum absolute atomic E-state index is 12.7. The number of carbonyl (C=O) groups is 2. The highest BCUT2D eigenvalue weighted by Crippen LogP contribution is 2.29. The molecule has 2 aromatic carbocycles. The van der Waals surface area contributed by atoms with Crippen LogP contribution < -0.4 is 5.43 Å². The van der Waals surface area contributed by atoms with Crippen molar-refractivity contribution in [2.45, 2.75) is 32.5 Å². The molecule has 0 aromatic heterocycles. The SMILES string of the molecule is CC(C)(C)N(NC(=O)c1ccccc1)C(=O)c1ccc(C(F)(F)F)cc1. The van der Waals surface area contributed by atoms with Gasteiger partial charge >= 0.3 is 6.18 Å². The van der Waals surface area contributed by atoms with Gasteiger partial charge in [-0.1, -0.05) is 18.2 Å². The number of alkyl halides is 3. The number of carbonyl (C=O) groups excluding carboxylic acids is 2. The van der Waals surface area contributed by atoms with Crippen LogP contribution in [0.5, 0.6) is 0 Å². The maximum Gasteiger partial charge on any atom is 0.416 e. The minimum atomic E-state index is -4.48. The lowest BCUT2D eigenvalue weighted by Crippen LogP contribution is -2.55. The molecule has 2 aromatic rings. The zero-order valence-corrected chi connectivity index (χ0v) is 14.6. The molecule has 0 saturated carbocycles. The van der Waals surface area contributed by atoms with Crippen LogP contribution in [-0.2, 0) is 6.18 Å². The Morgan fingerprint density at radius 1 is 0.846 bits per heavy atom. The van der Waals surface area contributed by atoms with E-state index in [1.165, 1.54) is 0 Å². The predicted octanol–water partition coefficient (Wildman–Crippen LogP) is 4.29. The van der Waals surface area contributed by atoms with Crippen LogP contribution >= 0.6 is 0 Å². The topological polar surface area (TPSA) is 49.4 Å². The van der Waals surface area contributed by atoms with Crippen LogP contribution in [0.2, 0.25) is 0 Å². The zero-order chi connectivity index (χ0) is 19.5. The van der Waals surface area contributed by atoms with Gasteiger partial charge in [0.05, 0.1) is 11.1 Å². The quantitative estimate of drug-likeness (QED) is 0.808. The monoisotopic (exact) mass is 364 g/mol. The minimum Gasteiger partial charge on any atom is -0.267 e. The largest absolute Gasteiger partial charge is 0.416 e. The number of benzene rings is 2. The Labute approximate surface area is 149 Å². The molecule has 1 N–H and O–H groups in total. The molecule has 7 heteroatoms. The highest BCUT2D eigenvalue weighted by atomic mass is 19.4. The molecule has 26 heavy (non-hydrogen) atoms. The second kappa shape index (κ2) is 7.19. The fourth-order valence-electron chi connectivity index (χ4n) is 2.21. The van der Waals surface area contributed by atoms with E-state index >= 15 is 0 Å². The highest BCUT2D eigenvalue weighted by Gasteiger charge is 2.32. The van der Waals surface area contributed by atoms with Crippen molar-refractivity contribution in [3.8, 4) is 0 Å². The Kier molecular flexibility index (Phi) is 5.39. The van der Waals surface area contributed by atoms with Gasteiger partial charge in [-0.2, -0.15) is 13.2 Å². The Morgan fingerprint density at radius 2 is 1.38 bits per heavy atom. The first kappa shape index (κ1) is 19.5. The van der Waals surface area contributed by atoms with Crippen molar-refractivity contribution in [3.63, 3.8) is 0 Å². The molecule has 2 rings (SSSR count).